The third kappa shape index (κ3) is 8.38. The molecule has 34 heavy (non-hydrogen) atoms. The number of amides is 1. The largest absolute Gasteiger partial charge is 0.464 e. The molecule has 0 saturated carbocycles. The lowest BCUT2D eigenvalue weighted by Crippen LogP contribution is -2.68. The molecule has 0 bridgehead atoms. The zero-order valence-electron chi connectivity index (χ0n) is 19.6. The number of esters is 5. The van der Waals surface area contributed by atoms with Crippen molar-refractivity contribution < 1.29 is 57.2 Å². The predicted molar refractivity (Wildman–Crippen MR) is 119 cm³/mol. The number of carbonyl (C=O) groups excluding carboxylic acids is 6. The number of halogens is 1. The summed E-state index contributed by atoms with van der Waals surface area (Å²) in [6.07, 6.45) is -4.10. The standard InChI is InChI=1S/C20H28INO12/c1-9(23)22-17-14(31-11(3)25)7-20(19(28)29-6,33-13(5)27)34-18(17)16(21)15(32-12(4)26)8-30-10(2)24/h14-18H,7-8H2,1-6H3,(H,22,23)/t14-,15?,16?,17-,18?,20-/m1/s1. The van der Waals surface area contributed by atoms with Crippen LogP contribution in [0.3, 0.4) is 0 Å². The van der Waals surface area contributed by atoms with Crippen LogP contribution in [0.4, 0.5) is 0 Å². The van der Waals surface area contributed by atoms with E-state index < -0.39 is 76.2 Å². The van der Waals surface area contributed by atoms with Crippen molar-refractivity contribution in [1.82, 2.24) is 5.32 Å². The molecule has 3 unspecified atom stereocenters. The van der Waals surface area contributed by atoms with Gasteiger partial charge >= 0.3 is 35.6 Å². The summed E-state index contributed by atoms with van der Waals surface area (Å²) >= 11 is 1.82. The summed E-state index contributed by atoms with van der Waals surface area (Å²) in [6, 6.07) is -1.08. The SMILES string of the molecule is COC(=O)[C@@]1(OC(C)=O)C[C@@H](OC(C)=O)[C@@H](NC(C)=O)C(C(I)C(COC(C)=O)OC(C)=O)O1. The van der Waals surface area contributed by atoms with Gasteiger partial charge < -0.3 is 33.7 Å². The fraction of sp³-hybridized carbons (Fsp3) is 0.700. The summed E-state index contributed by atoms with van der Waals surface area (Å²) in [5.41, 5.74) is 0. The van der Waals surface area contributed by atoms with Gasteiger partial charge in [0.05, 0.1) is 23.5 Å². The third-order valence-electron chi connectivity index (χ3n) is 4.48. The molecule has 0 spiro atoms. The summed E-state index contributed by atoms with van der Waals surface area (Å²) < 4.78 is 30.6. The summed E-state index contributed by atoms with van der Waals surface area (Å²) in [7, 11) is 1.04. The number of nitrogens with one attached hydrogen (secondary N) is 1. The van der Waals surface area contributed by atoms with E-state index >= 15 is 0 Å². The Bertz CT molecular complexity index is 817. The van der Waals surface area contributed by atoms with Crippen molar-refractivity contribution in [3.8, 4) is 0 Å². The van der Waals surface area contributed by atoms with E-state index in [1.807, 2.05) is 22.6 Å². The van der Waals surface area contributed by atoms with Crippen LogP contribution in [0.25, 0.3) is 0 Å². The molecule has 1 aliphatic heterocycles. The Balaban J connectivity index is 3.59. The van der Waals surface area contributed by atoms with Crippen molar-refractivity contribution in [3.63, 3.8) is 0 Å². The molecular weight excluding hydrogens is 573 g/mol. The highest BCUT2D eigenvalue weighted by atomic mass is 127. The Morgan fingerprint density at radius 2 is 1.62 bits per heavy atom. The molecule has 1 amide bonds. The van der Waals surface area contributed by atoms with Gasteiger partial charge in [-0.15, -0.1) is 0 Å². The van der Waals surface area contributed by atoms with Crippen LogP contribution in [-0.4, -0.2) is 83.5 Å². The van der Waals surface area contributed by atoms with Gasteiger partial charge in [-0.05, 0) is 0 Å². The highest BCUT2D eigenvalue weighted by Crippen LogP contribution is 2.38. The Morgan fingerprint density at radius 3 is 2.06 bits per heavy atom. The number of methoxy groups -OCH3 is 1. The van der Waals surface area contributed by atoms with E-state index in [0.29, 0.717) is 0 Å². The lowest BCUT2D eigenvalue weighted by atomic mass is 9.89. The van der Waals surface area contributed by atoms with Gasteiger partial charge in [-0.2, -0.15) is 0 Å². The van der Waals surface area contributed by atoms with Crippen LogP contribution in [0.2, 0.25) is 0 Å². The van der Waals surface area contributed by atoms with Gasteiger partial charge in [0.1, 0.15) is 18.8 Å². The molecule has 1 aliphatic rings. The van der Waals surface area contributed by atoms with Crippen molar-refractivity contribution in [2.75, 3.05) is 13.7 Å². The Morgan fingerprint density at radius 1 is 1.00 bits per heavy atom. The second-order valence-electron chi connectivity index (χ2n) is 7.39. The minimum absolute atomic E-state index is 0.383. The normalized spacial score (nSPS) is 25.7. The van der Waals surface area contributed by atoms with Gasteiger partial charge in [-0.3, -0.25) is 24.0 Å². The highest BCUT2D eigenvalue weighted by molar-refractivity contribution is 14.1. The molecular formula is C20H28INO12. The van der Waals surface area contributed by atoms with E-state index in [0.717, 1.165) is 34.8 Å². The van der Waals surface area contributed by atoms with Crippen LogP contribution < -0.4 is 5.32 Å². The molecule has 6 atom stereocenters. The number of carbonyl (C=O) groups is 6. The smallest absolute Gasteiger partial charge is 0.379 e. The molecule has 0 aromatic heterocycles. The van der Waals surface area contributed by atoms with E-state index in [1.165, 1.54) is 6.92 Å². The van der Waals surface area contributed by atoms with Crippen LogP contribution in [0.1, 0.15) is 41.0 Å². The van der Waals surface area contributed by atoms with Crippen LogP contribution in [0.15, 0.2) is 0 Å². The number of alkyl halides is 1. The zero-order chi connectivity index (χ0) is 26.2. The summed E-state index contributed by atoms with van der Waals surface area (Å²) in [5, 5.41) is 2.60. The van der Waals surface area contributed by atoms with E-state index in [-0.39, 0.29) is 6.61 Å². The molecule has 1 rings (SSSR count). The van der Waals surface area contributed by atoms with Crippen LogP contribution in [-0.2, 0) is 57.2 Å². The van der Waals surface area contributed by atoms with Gasteiger partial charge in [-0.25, -0.2) is 4.79 Å². The van der Waals surface area contributed by atoms with Crippen molar-refractivity contribution in [3.05, 3.63) is 0 Å². The maximum atomic E-state index is 12.7. The molecule has 0 aromatic rings. The average Bonchev–Trinajstić information content (AvgIpc) is 2.70. The Hall–Kier alpha value is -2.49. The first-order chi connectivity index (χ1) is 15.7. The predicted octanol–water partition coefficient (Wildman–Crippen LogP) is -0.0575. The molecule has 1 fully saturated rings. The summed E-state index contributed by atoms with van der Waals surface area (Å²) in [4.78, 5) is 71.4. The number of hydrogen-bond donors (Lipinski definition) is 1. The van der Waals surface area contributed by atoms with E-state index in [9.17, 15) is 28.8 Å². The Kier molecular flexibility index (Phi) is 11.1. The molecule has 192 valence electrons. The van der Waals surface area contributed by atoms with Crippen molar-refractivity contribution in [2.24, 2.45) is 0 Å². The van der Waals surface area contributed by atoms with Crippen molar-refractivity contribution in [1.29, 1.82) is 0 Å². The maximum Gasteiger partial charge on any atom is 0.379 e. The van der Waals surface area contributed by atoms with Crippen LogP contribution >= 0.6 is 22.6 Å². The van der Waals surface area contributed by atoms with E-state index in [1.54, 1.807) is 0 Å². The lowest BCUT2D eigenvalue weighted by molar-refractivity contribution is -0.288. The minimum Gasteiger partial charge on any atom is -0.464 e. The first-order valence-corrected chi connectivity index (χ1v) is 11.3. The quantitative estimate of drug-likeness (QED) is 0.162. The molecule has 1 N–H and O–H groups in total. The van der Waals surface area contributed by atoms with Crippen molar-refractivity contribution in [2.45, 2.75) is 75.1 Å². The van der Waals surface area contributed by atoms with Gasteiger partial charge in [-0.1, -0.05) is 22.6 Å². The van der Waals surface area contributed by atoms with Crippen molar-refractivity contribution >= 4 is 58.3 Å². The highest BCUT2D eigenvalue weighted by Gasteiger charge is 2.59. The molecule has 13 nitrogen and oxygen atoms in total. The van der Waals surface area contributed by atoms with Gasteiger partial charge in [0.2, 0.25) is 5.91 Å². The fourth-order valence-corrected chi connectivity index (χ4v) is 4.34. The minimum atomic E-state index is -2.34. The topological polar surface area (TPSA) is 170 Å². The van der Waals surface area contributed by atoms with Crippen LogP contribution in [0, 0.1) is 0 Å². The van der Waals surface area contributed by atoms with Gasteiger partial charge in [0.15, 0.2) is 6.10 Å². The first kappa shape index (κ1) is 29.5. The number of ether oxygens (including phenoxy) is 6. The number of rotatable bonds is 9. The molecule has 14 heteroatoms. The summed E-state index contributed by atoms with van der Waals surface area (Å²) in [5.74, 6) is -6.97. The van der Waals surface area contributed by atoms with E-state index in [4.69, 9.17) is 28.4 Å². The third-order valence-corrected chi connectivity index (χ3v) is 5.99. The maximum absolute atomic E-state index is 12.7. The average molecular weight is 601 g/mol. The number of hydrogen-bond acceptors (Lipinski definition) is 12. The summed E-state index contributed by atoms with van der Waals surface area (Å²) in [6.45, 7) is 5.27. The molecule has 1 heterocycles. The zero-order valence-corrected chi connectivity index (χ0v) is 21.7. The Labute approximate surface area is 209 Å². The lowest BCUT2D eigenvalue weighted by Gasteiger charge is -2.47. The molecule has 0 radical (unpaired) electrons. The fourth-order valence-electron chi connectivity index (χ4n) is 3.39. The molecule has 0 aliphatic carbocycles. The first-order valence-electron chi connectivity index (χ1n) is 10.1. The van der Waals surface area contributed by atoms with E-state index in [2.05, 4.69) is 5.32 Å². The monoisotopic (exact) mass is 601 g/mol. The van der Waals surface area contributed by atoms with Gasteiger partial charge in [0, 0.05) is 34.6 Å². The molecule has 1 saturated heterocycles. The van der Waals surface area contributed by atoms with Crippen LogP contribution in [0.5, 0.6) is 0 Å². The second-order valence-corrected chi connectivity index (χ2v) is 8.83. The van der Waals surface area contributed by atoms with Gasteiger partial charge in [0.25, 0.3) is 0 Å². The second kappa shape index (κ2) is 12.8. The molecule has 0 aromatic carbocycles.